The van der Waals surface area contributed by atoms with E-state index in [0.717, 1.165) is 36.6 Å². The fourth-order valence-corrected chi connectivity index (χ4v) is 5.40. The van der Waals surface area contributed by atoms with Crippen molar-refractivity contribution in [2.45, 2.75) is 30.4 Å². The minimum absolute atomic E-state index is 0.123. The van der Waals surface area contributed by atoms with Crippen LogP contribution in [-0.2, 0) is 16.6 Å². The number of hydrogen-bond donors (Lipinski definition) is 1. The smallest absolute Gasteiger partial charge is 0.169 e. The second-order valence-corrected chi connectivity index (χ2v) is 7.22. The van der Waals surface area contributed by atoms with Crippen LogP contribution in [0.25, 0.3) is 0 Å². The predicted molar refractivity (Wildman–Crippen MR) is 93.0 cm³/mol. The first-order valence-electron chi connectivity index (χ1n) is 8.92. The number of piperidine rings is 1. The summed E-state index contributed by atoms with van der Waals surface area (Å²) in [7, 11) is 3.41. The fraction of sp³-hybridized carbons (Fsp3) is 0.500. The molecule has 4 aliphatic rings. The lowest BCUT2D eigenvalue weighted by Crippen LogP contribution is -2.59. The minimum atomic E-state index is -0.159. The molecule has 5 rings (SSSR count). The number of ether oxygens (including phenoxy) is 3. The number of nitrogens with zero attached hydrogens (tertiary/aromatic N) is 1. The Morgan fingerprint density at radius 3 is 2.92 bits per heavy atom. The Balaban J connectivity index is 1.76. The zero-order valence-electron chi connectivity index (χ0n) is 14.6. The highest BCUT2D eigenvalue weighted by Gasteiger charge is 2.62. The Morgan fingerprint density at radius 2 is 2.16 bits per heavy atom. The maximum atomic E-state index is 9.48. The topological polar surface area (TPSA) is 51.2 Å². The van der Waals surface area contributed by atoms with E-state index in [1.807, 2.05) is 6.07 Å². The highest BCUT2D eigenvalue weighted by atomic mass is 16.6. The molecule has 2 bridgehead atoms. The molecule has 3 unspecified atom stereocenters. The van der Waals surface area contributed by atoms with Crippen LogP contribution in [0.5, 0.6) is 11.5 Å². The second-order valence-electron chi connectivity index (χ2n) is 7.22. The normalized spacial score (nSPS) is 31.6. The van der Waals surface area contributed by atoms with Crippen molar-refractivity contribution in [2.24, 2.45) is 0 Å². The Kier molecular flexibility index (Phi) is 3.21. The predicted octanol–water partition coefficient (Wildman–Crippen LogP) is 1.79. The Bertz CT molecular complexity index is 799. The fourth-order valence-electron chi connectivity index (χ4n) is 5.40. The standard InChI is InChI=1S/C20H23NO4/c1-23-15-5-3-12-11-14-13-4-6-16(24-2)19-20(13,17(12)18(15)25-19)7-8-21(14)9-10-22/h3-6,14,19,22H,7-11H2,1-2H3. The maximum Gasteiger partial charge on any atom is 0.169 e. The van der Waals surface area contributed by atoms with Gasteiger partial charge in [-0.05, 0) is 36.1 Å². The van der Waals surface area contributed by atoms with Crippen LogP contribution in [0.3, 0.4) is 0 Å². The third kappa shape index (κ3) is 1.75. The molecule has 25 heavy (non-hydrogen) atoms. The number of methoxy groups -OCH3 is 2. The third-order valence-electron chi connectivity index (χ3n) is 6.39. The molecular formula is C20H23NO4. The van der Waals surface area contributed by atoms with Crippen LogP contribution in [0, 0.1) is 0 Å². The molecule has 1 aromatic rings. The summed E-state index contributed by atoms with van der Waals surface area (Å²) in [6.45, 7) is 1.86. The summed E-state index contributed by atoms with van der Waals surface area (Å²) in [4.78, 5) is 2.41. The van der Waals surface area contributed by atoms with E-state index in [9.17, 15) is 5.11 Å². The van der Waals surface area contributed by atoms with Crippen molar-refractivity contribution in [1.82, 2.24) is 4.90 Å². The van der Waals surface area contributed by atoms with Crippen LogP contribution in [0.1, 0.15) is 17.5 Å². The number of allylic oxidation sites excluding steroid dienone is 2. The summed E-state index contributed by atoms with van der Waals surface area (Å²) in [5.41, 5.74) is 3.87. The summed E-state index contributed by atoms with van der Waals surface area (Å²) < 4.78 is 17.7. The molecule has 5 nitrogen and oxygen atoms in total. The first-order valence-corrected chi connectivity index (χ1v) is 8.92. The van der Waals surface area contributed by atoms with Crippen molar-refractivity contribution in [2.75, 3.05) is 33.9 Å². The molecule has 1 aromatic carbocycles. The lowest BCUT2D eigenvalue weighted by atomic mass is 9.57. The molecule has 1 saturated heterocycles. The maximum absolute atomic E-state index is 9.48. The highest BCUT2D eigenvalue weighted by Crippen LogP contribution is 2.62. The van der Waals surface area contributed by atoms with Gasteiger partial charge in [0, 0.05) is 24.7 Å². The molecule has 132 valence electrons. The molecule has 3 atom stereocenters. The van der Waals surface area contributed by atoms with Crippen molar-refractivity contribution in [3.05, 3.63) is 46.7 Å². The van der Waals surface area contributed by atoms with E-state index in [-0.39, 0.29) is 18.1 Å². The molecule has 2 aliphatic carbocycles. The molecule has 0 aromatic heterocycles. The van der Waals surface area contributed by atoms with Gasteiger partial charge in [0.2, 0.25) is 0 Å². The first kappa shape index (κ1) is 15.3. The minimum Gasteiger partial charge on any atom is -0.497 e. The van der Waals surface area contributed by atoms with Gasteiger partial charge in [-0.3, -0.25) is 4.90 Å². The quantitative estimate of drug-likeness (QED) is 0.905. The third-order valence-corrected chi connectivity index (χ3v) is 6.39. The highest BCUT2D eigenvalue weighted by molar-refractivity contribution is 5.67. The van der Waals surface area contributed by atoms with Crippen molar-refractivity contribution in [3.8, 4) is 11.5 Å². The van der Waals surface area contributed by atoms with Crippen LogP contribution in [0.4, 0.5) is 0 Å². The van der Waals surface area contributed by atoms with Gasteiger partial charge in [-0.2, -0.15) is 0 Å². The Hall–Kier alpha value is -1.98. The van der Waals surface area contributed by atoms with Gasteiger partial charge in [-0.25, -0.2) is 0 Å². The van der Waals surface area contributed by atoms with E-state index >= 15 is 0 Å². The van der Waals surface area contributed by atoms with Gasteiger partial charge in [0.15, 0.2) is 17.6 Å². The van der Waals surface area contributed by atoms with E-state index in [1.165, 1.54) is 16.7 Å². The average molecular weight is 341 g/mol. The average Bonchev–Trinajstić information content (AvgIpc) is 2.98. The Morgan fingerprint density at radius 1 is 1.28 bits per heavy atom. The number of rotatable bonds is 4. The molecule has 1 spiro atoms. The number of hydrogen-bond acceptors (Lipinski definition) is 5. The summed E-state index contributed by atoms with van der Waals surface area (Å²) in [5.74, 6) is 2.56. The molecule has 0 saturated carbocycles. The number of likely N-dealkylation sites (tertiary alicyclic amines) is 1. The lowest BCUT2D eigenvalue weighted by molar-refractivity contribution is 0.0570. The van der Waals surface area contributed by atoms with E-state index in [2.05, 4.69) is 23.1 Å². The number of β-amino-alcohol motifs (C(OH)–C–C–N with tert-alkyl or cyclic N) is 1. The van der Waals surface area contributed by atoms with E-state index in [0.29, 0.717) is 12.6 Å². The second kappa shape index (κ2) is 5.26. The largest absolute Gasteiger partial charge is 0.497 e. The molecule has 1 N–H and O–H groups in total. The lowest BCUT2D eigenvalue weighted by Gasteiger charge is -2.53. The zero-order valence-corrected chi connectivity index (χ0v) is 14.6. The van der Waals surface area contributed by atoms with Gasteiger partial charge in [0.05, 0.1) is 26.2 Å². The van der Waals surface area contributed by atoms with Crippen LogP contribution in [-0.4, -0.2) is 56.1 Å². The molecule has 5 heteroatoms. The van der Waals surface area contributed by atoms with Gasteiger partial charge in [0.25, 0.3) is 0 Å². The van der Waals surface area contributed by atoms with Gasteiger partial charge in [-0.15, -0.1) is 0 Å². The molecule has 2 heterocycles. The number of aliphatic hydroxyl groups is 1. The molecular weight excluding hydrogens is 318 g/mol. The van der Waals surface area contributed by atoms with Gasteiger partial charge in [-0.1, -0.05) is 12.1 Å². The molecule has 0 amide bonds. The number of benzene rings is 1. The van der Waals surface area contributed by atoms with Crippen molar-refractivity contribution in [3.63, 3.8) is 0 Å². The van der Waals surface area contributed by atoms with Crippen LogP contribution in [0.15, 0.2) is 35.6 Å². The zero-order chi connectivity index (χ0) is 17.2. The monoisotopic (exact) mass is 341 g/mol. The Labute approximate surface area is 147 Å². The van der Waals surface area contributed by atoms with Gasteiger partial charge < -0.3 is 19.3 Å². The SMILES string of the molecule is COC1=CC=C2C3Cc4ccc(OC)c5c4C2(CCN3CCO)C1O5. The summed E-state index contributed by atoms with van der Waals surface area (Å²) in [6.07, 6.45) is 6.07. The van der Waals surface area contributed by atoms with Crippen LogP contribution >= 0.6 is 0 Å². The van der Waals surface area contributed by atoms with Gasteiger partial charge >= 0.3 is 0 Å². The van der Waals surface area contributed by atoms with Crippen molar-refractivity contribution in [1.29, 1.82) is 0 Å². The molecule has 2 aliphatic heterocycles. The van der Waals surface area contributed by atoms with Crippen LogP contribution < -0.4 is 9.47 Å². The van der Waals surface area contributed by atoms with E-state index in [4.69, 9.17) is 14.2 Å². The van der Waals surface area contributed by atoms with Crippen LogP contribution in [0.2, 0.25) is 0 Å². The molecule has 0 radical (unpaired) electrons. The molecule has 1 fully saturated rings. The van der Waals surface area contributed by atoms with Crippen molar-refractivity contribution < 1.29 is 19.3 Å². The van der Waals surface area contributed by atoms with E-state index in [1.54, 1.807) is 14.2 Å². The summed E-state index contributed by atoms with van der Waals surface area (Å²) >= 11 is 0. The van der Waals surface area contributed by atoms with Crippen molar-refractivity contribution >= 4 is 0 Å². The van der Waals surface area contributed by atoms with Gasteiger partial charge in [0.1, 0.15) is 5.76 Å². The van der Waals surface area contributed by atoms with E-state index < -0.39 is 0 Å². The summed E-state index contributed by atoms with van der Waals surface area (Å²) in [5, 5.41) is 9.48. The summed E-state index contributed by atoms with van der Waals surface area (Å²) in [6, 6.07) is 4.51. The first-order chi connectivity index (χ1) is 12.2. The number of aliphatic hydroxyl groups excluding tert-OH is 1.